The molecule has 212 valence electrons. The second-order valence-corrected chi connectivity index (χ2v) is 10.9. The molecule has 40 heavy (non-hydrogen) atoms. The molecule has 0 fully saturated rings. The molecule has 4 aromatic carbocycles. The van der Waals surface area contributed by atoms with Crippen molar-refractivity contribution < 1.29 is 40.9 Å². The van der Waals surface area contributed by atoms with Gasteiger partial charge in [0, 0.05) is 17.2 Å². The first-order chi connectivity index (χ1) is 18.5. The summed E-state index contributed by atoms with van der Waals surface area (Å²) in [6.07, 6.45) is -7.99. The zero-order valence-electron chi connectivity index (χ0n) is 22.2. The van der Waals surface area contributed by atoms with Crippen molar-refractivity contribution in [2.45, 2.75) is 58.0 Å². The summed E-state index contributed by atoms with van der Waals surface area (Å²) in [6, 6.07) is 8.54. The Morgan fingerprint density at radius 1 is 0.850 bits per heavy atom. The maximum atomic E-state index is 15.5. The standard InChI is InChI=1S/C31H27F7O2/c1-15(2)20-9-19(40)10-21-17(8-26(33)23(29(20)21)14-31(36,37)38)13-30(3,4)24-11-18(39)7-16-5-6-25(32)22(28(16)24)12-27(34)35/h5-12,15,39-40H,13-14H2,1-4H3. The Hall–Kier alpha value is -3.75. The molecule has 0 unspecified atom stereocenters. The van der Waals surface area contributed by atoms with E-state index in [1.807, 2.05) is 0 Å². The number of halogens is 7. The molecule has 9 heteroatoms. The van der Waals surface area contributed by atoms with Crippen LogP contribution in [0.5, 0.6) is 11.5 Å². The number of benzene rings is 4. The number of phenolic OH excluding ortho intramolecular Hbond substituents is 2. The lowest BCUT2D eigenvalue weighted by Crippen LogP contribution is -2.22. The fraction of sp³-hybridized carbons (Fsp3) is 0.290. The summed E-state index contributed by atoms with van der Waals surface area (Å²) < 4.78 is 97.3. The van der Waals surface area contributed by atoms with Gasteiger partial charge in [0.25, 0.3) is 6.08 Å². The van der Waals surface area contributed by atoms with Gasteiger partial charge in [-0.05, 0) is 92.4 Å². The van der Waals surface area contributed by atoms with Crippen LogP contribution >= 0.6 is 0 Å². The quantitative estimate of drug-likeness (QED) is 0.229. The maximum Gasteiger partial charge on any atom is 0.393 e. The summed E-state index contributed by atoms with van der Waals surface area (Å²) in [7, 11) is 0. The van der Waals surface area contributed by atoms with Crippen LogP contribution in [0.2, 0.25) is 0 Å². The molecule has 0 saturated heterocycles. The average Bonchev–Trinajstić information content (AvgIpc) is 2.81. The maximum absolute atomic E-state index is 15.5. The van der Waals surface area contributed by atoms with E-state index in [-0.39, 0.29) is 56.5 Å². The van der Waals surface area contributed by atoms with Gasteiger partial charge in [-0.25, -0.2) is 8.78 Å². The third-order valence-electron chi connectivity index (χ3n) is 7.09. The summed E-state index contributed by atoms with van der Waals surface area (Å²) in [5, 5.41) is 21.5. The minimum absolute atomic E-state index is 0.0471. The Labute approximate surface area is 226 Å². The highest BCUT2D eigenvalue weighted by molar-refractivity contribution is 5.96. The molecule has 0 saturated carbocycles. The molecular formula is C31H27F7O2. The van der Waals surface area contributed by atoms with Gasteiger partial charge in [-0.1, -0.05) is 33.8 Å². The highest BCUT2D eigenvalue weighted by Crippen LogP contribution is 2.43. The Morgan fingerprint density at radius 2 is 1.50 bits per heavy atom. The van der Waals surface area contributed by atoms with Crippen LogP contribution in [0.1, 0.15) is 61.4 Å². The summed E-state index contributed by atoms with van der Waals surface area (Å²) in [5.74, 6) is -2.77. The van der Waals surface area contributed by atoms with Crippen LogP contribution in [0.15, 0.2) is 48.5 Å². The second kappa shape index (κ2) is 10.3. The van der Waals surface area contributed by atoms with Gasteiger partial charge >= 0.3 is 6.18 Å². The van der Waals surface area contributed by atoms with Gasteiger partial charge in [-0.3, -0.25) is 0 Å². The van der Waals surface area contributed by atoms with E-state index < -0.39 is 46.9 Å². The normalized spacial score (nSPS) is 12.5. The lowest BCUT2D eigenvalue weighted by atomic mass is 9.74. The fourth-order valence-corrected chi connectivity index (χ4v) is 5.46. The van der Waals surface area contributed by atoms with Gasteiger partial charge in [-0.15, -0.1) is 0 Å². The topological polar surface area (TPSA) is 40.5 Å². The van der Waals surface area contributed by atoms with Crippen molar-refractivity contribution in [1.82, 2.24) is 0 Å². The number of rotatable bonds is 6. The molecule has 0 spiro atoms. The number of aromatic hydroxyl groups is 2. The van der Waals surface area contributed by atoms with E-state index in [2.05, 4.69) is 0 Å². The molecule has 0 amide bonds. The van der Waals surface area contributed by atoms with E-state index in [0.29, 0.717) is 11.6 Å². The van der Waals surface area contributed by atoms with Crippen LogP contribution in [-0.2, 0) is 18.3 Å². The SMILES string of the molecule is CC(C)c1cc(O)cc2c(CC(C)(C)c3cc(O)cc4ccc(F)c(C=C(F)F)c34)cc(F)c(CC(F)(F)F)c12. The number of hydrogen-bond acceptors (Lipinski definition) is 2. The molecule has 0 aromatic heterocycles. The Bertz CT molecular complexity index is 1650. The number of phenols is 2. The van der Waals surface area contributed by atoms with Crippen LogP contribution in [0.4, 0.5) is 30.7 Å². The number of hydrogen-bond donors (Lipinski definition) is 2. The highest BCUT2D eigenvalue weighted by Gasteiger charge is 2.33. The van der Waals surface area contributed by atoms with Gasteiger partial charge < -0.3 is 10.2 Å². The third kappa shape index (κ3) is 5.74. The predicted octanol–water partition coefficient (Wildman–Crippen LogP) is 9.67. The number of fused-ring (bicyclic) bond motifs is 2. The second-order valence-electron chi connectivity index (χ2n) is 10.9. The molecule has 0 heterocycles. The Balaban J connectivity index is 2.02. The summed E-state index contributed by atoms with van der Waals surface area (Å²) in [4.78, 5) is 0. The first kappa shape index (κ1) is 29.2. The van der Waals surface area contributed by atoms with Gasteiger partial charge in [0.1, 0.15) is 23.1 Å². The number of alkyl halides is 3. The van der Waals surface area contributed by atoms with Crippen molar-refractivity contribution in [3.05, 3.63) is 88.0 Å². The monoisotopic (exact) mass is 564 g/mol. The van der Waals surface area contributed by atoms with Crippen molar-refractivity contribution in [3.8, 4) is 11.5 Å². The summed E-state index contributed by atoms with van der Waals surface area (Å²) in [6.45, 7) is 6.77. The highest BCUT2D eigenvalue weighted by atomic mass is 19.4. The van der Waals surface area contributed by atoms with E-state index in [9.17, 15) is 36.6 Å². The fourth-order valence-electron chi connectivity index (χ4n) is 5.46. The molecule has 4 aromatic rings. The van der Waals surface area contributed by atoms with E-state index in [1.54, 1.807) is 27.7 Å². The van der Waals surface area contributed by atoms with Crippen LogP contribution < -0.4 is 0 Å². The predicted molar refractivity (Wildman–Crippen MR) is 142 cm³/mol. The summed E-state index contributed by atoms with van der Waals surface area (Å²) in [5.41, 5.74) is -1.16. The largest absolute Gasteiger partial charge is 0.508 e. The lowest BCUT2D eigenvalue weighted by Gasteiger charge is -2.29. The van der Waals surface area contributed by atoms with Gasteiger partial charge in [0.15, 0.2) is 0 Å². The molecule has 0 aliphatic rings. The zero-order valence-corrected chi connectivity index (χ0v) is 22.2. The molecule has 0 radical (unpaired) electrons. The smallest absolute Gasteiger partial charge is 0.393 e. The summed E-state index contributed by atoms with van der Waals surface area (Å²) >= 11 is 0. The molecule has 0 aliphatic heterocycles. The van der Waals surface area contributed by atoms with Crippen LogP contribution in [0, 0.1) is 11.6 Å². The van der Waals surface area contributed by atoms with E-state index in [1.165, 1.54) is 30.3 Å². The molecular weight excluding hydrogens is 537 g/mol. The van der Waals surface area contributed by atoms with Gasteiger partial charge in [0.05, 0.1) is 6.42 Å². The molecule has 4 rings (SSSR count). The van der Waals surface area contributed by atoms with E-state index in [4.69, 9.17) is 0 Å². The third-order valence-corrected chi connectivity index (χ3v) is 7.09. The molecule has 2 N–H and O–H groups in total. The van der Waals surface area contributed by atoms with E-state index >= 15 is 4.39 Å². The van der Waals surface area contributed by atoms with E-state index in [0.717, 1.165) is 12.1 Å². The van der Waals surface area contributed by atoms with Crippen molar-refractivity contribution in [3.63, 3.8) is 0 Å². The molecule has 0 atom stereocenters. The van der Waals surface area contributed by atoms with Crippen molar-refractivity contribution in [2.75, 3.05) is 0 Å². The minimum atomic E-state index is -4.69. The van der Waals surface area contributed by atoms with Crippen molar-refractivity contribution >= 4 is 27.6 Å². The average molecular weight is 565 g/mol. The van der Waals surface area contributed by atoms with Gasteiger partial charge in [-0.2, -0.15) is 22.0 Å². The van der Waals surface area contributed by atoms with Crippen LogP contribution in [0.3, 0.4) is 0 Å². The zero-order chi connectivity index (χ0) is 29.7. The Kier molecular flexibility index (Phi) is 7.56. The van der Waals surface area contributed by atoms with Crippen molar-refractivity contribution in [2.24, 2.45) is 0 Å². The van der Waals surface area contributed by atoms with Crippen LogP contribution in [-0.4, -0.2) is 16.4 Å². The molecule has 2 nitrogen and oxygen atoms in total. The first-order valence-electron chi connectivity index (χ1n) is 12.5. The molecule has 0 bridgehead atoms. The first-order valence-corrected chi connectivity index (χ1v) is 12.5. The minimum Gasteiger partial charge on any atom is -0.508 e. The Morgan fingerprint density at radius 3 is 2.10 bits per heavy atom. The van der Waals surface area contributed by atoms with Crippen LogP contribution in [0.25, 0.3) is 27.6 Å². The lowest BCUT2D eigenvalue weighted by molar-refractivity contribution is -0.127. The molecule has 0 aliphatic carbocycles. The van der Waals surface area contributed by atoms with Gasteiger partial charge in [0.2, 0.25) is 0 Å². The van der Waals surface area contributed by atoms with Crippen molar-refractivity contribution in [1.29, 1.82) is 0 Å².